The summed E-state index contributed by atoms with van der Waals surface area (Å²) in [4.78, 5) is 26.5. The van der Waals surface area contributed by atoms with Crippen LogP contribution < -0.4 is 4.90 Å². The van der Waals surface area contributed by atoms with Crippen LogP contribution in [0.25, 0.3) is 0 Å². The quantitative estimate of drug-likeness (QED) is 0.835. The Bertz CT molecular complexity index is 942. The Morgan fingerprint density at radius 2 is 2.04 bits per heavy atom. The Hall–Kier alpha value is -2.94. The normalized spacial score (nSPS) is 18.3. The van der Waals surface area contributed by atoms with Crippen molar-refractivity contribution in [2.75, 3.05) is 18.0 Å². The highest BCUT2D eigenvalue weighted by Crippen LogP contribution is 2.40. The molecule has 3 heterocycles. The molecule has 1 saturated heterocycles. The number of benzene rings is 1. The summed E-state index contributed by atoms with van der Waals surface area (Å²) in [5, 5.41) is 9.25. The van der Waals surface area contributed by atoms with E-state index in [0.29, 0.717) is 17.7 Å². The SMILES string of the molecule is Cc1nc2c(c(N3CCC3)n1)[C@@H](C)N(C(=O)c1ccc(C)c(C#N)c1)C2. The maximum atomic E-state index is 13.1. The van der Waals surface area contributed by atoms with Crippen molar-refractivity contribution in [3.63, 3.8) is 0 Å². The number of carbonyl (C=O) groups excluding carboxylic acids is 1. The summed E-state index contributed by atoms with van der Waals surface area (Å²) in [6, 6.07) is 7.38. The zero-order chi connectivity index (χ0) is 18.4. The van der Waals surface area contributed by atoms with Crippen LogP contribution in [0.5, 0.6) is 0 Å². The highest BCUT2D eigenvalue weighted by atomic mass is 16.2. The van der Waals surface area contributed by atoms with Gasteiger partial charge >= 0.3 is 0 Å². The first-order valence-corrected chi connectivity index (χ1v) is 8.93. The van der Waals surface area contributed by atoms with Gasteiger partial charge in [-0.2, -0.15) is 5.26 Å². The van der Waals surface area contributed by atoms with E-state index in [9.17, 15) is 10.1 Å². The fourth-order valence-corrected chi connectivity index (χ4v) is 3.68. The van der Waals surface area contributed by atoms with E-state index in [1.54, 1.807) is 12.1 Å². The molecule has 0 radical (unpaired) electrons. The fourth-order valence-electron chi connectivity index (χ4n) is 3.68. The summed E-state index contributed by atoms with van der Waals surface area (Å²) in [5.74, 6) is 1.65. The molecule has 132 valence electrons. The summed E-state index contributed by atoms with van der Waals surface area (Å²) < 4.78 is 0. The van der Waals surface area contributed by atoms with E-state index in [1.165, 1.54) is 6.42 Å². The Labute approximate surface area is 153 Å². The number of hydrogen-bond acceptors (Lipinski definition) is 5. The molecule has 0 unspecified atom stereocenters. The van der Waals surface area contributed by atoms with Crippen molar-refractivity contribution in [3.8, 4) is 6.07 Å². The Morgan fingerprint density at radius 3 is 2.69 bits per heavy atom. The van der Waals surface area contributed by atoms with Crippen LogP contribution in [0.2, 0.25) is 0 Å². The first kappa shape index (κ1) is 16.5. The van der Waals surface area contributed by atoms with Gasteiger partial charge in [0.05, 0.1) is 29.9 Å². The summed E-state index contributed by atoms with van der Waals surface area (Å²) in [5.41, 5.74) is 3.96. The molecule has 6 heteroatoms. The van der Waals surface area contributed by atoms with E-state index >= 15 is 0 Å². The van der Waals surface area contributed by atoms with Crippen LogP contribution in [-0.4, -0.2) is 33.9 Å². The second-order valence-corrected chi connectivity index (χ2v) is 7.05. The number of amides is 1. The minimum Gasteiger partial charge on any atom is -0.356 e. The number of aromatic nitrogens is 2. The smallest absolute Gasteiger partial charge is 0.254 e. The van der Waals surface area contributed by atoms with Gasteiger partial charge in [0.1, 0.15) is 11.6 Å². The molecule has 0 bridgehead atoms. The summed E-state index contributed by atoms with van der Waals surface area (Å²) >= 11 is 0. The van der Waals surface area contributed by atoms with Crippen LogP contribution in [0.15, 0.2) is 18.2 Å². The summed E-state index contributed by atoms with van der Waals surface area (Å²) in [6.07, 6.45) is 1.18. The Morgan fingerprint density at radius 1 is 1.27 bits per heavy atom. The third kappa shape index (κ3) is 2.51. The van der Waals surface area contributed by atoms with Crippen LogP contribution in [0, 0.1) is 25.2 Å². The van der Waals surface area contributed by atoms with Crippen LogP contribution >= 0.6 is 0 Å². The van der Waals surface area contributed by atoms with Crippen molar-refractivity contribution in [2.45, 2.75) is 39.8 Å². The van der Waals surface area contributed by atoms with Gasteiger partial charge in [-0.05, 0) is 44.9 Å². The molecular weight excluding hydrogens is 326 g/mol. The predicted octanol–water partition coefficient (Wildman–Crippen LogP) is 2.89. The molecule has 0 saturated carbocycles. The van der Waals surface area contributed by atoms with E-state index in [2.05, 4.69) is 20.9 Å². The molecule has 2 aliphatic rings. The molecule has 1 fully saturated rings. The number of aryl methyl sites for hydroxylation is 2. The first-order chi connectivity index (χ1) is 12.5. The number of hydrogen-bond donors (Lipinski definition) is 0. The van der Waals surface area contributed by atoms with Crippen molar-refractivity contribution < 1.29 is 4.79 Å². The zero-order valence-electron chi connectivity index (χ0n) is 15.3. The van der Waals surface area contributed by atoms with E-state index in [1.807, 2.05) is 31.7 Å². The van der Waals surface area contributed by atoms with E-state index in [0.717, 1.165) is 41.6 Å². The number of nitrogens with zero attached hydrogens (tertiary/aromatic N) is 5. The number of anilines is 1. The standard InChI is InChI=1S/C20H21N5O/c1-12-5-6-15(9-16(12)10-21)20(26)25-11-17-18(13(25)2)19(23-14(3)22-17)24-7-4-8-24/h5-6,9,13H,4,7-8,11H2,1-3H3/t13-/m1/s1. The summed E-state index contributed by atoms with van der Waals surface area (Å²) in [7, 11) is 0. The molecule has 2 aromatic rings. The maximum Gasteiger partial charge on any atom is 0.254 e. The largest absolute Gasteiger partial charge is 0.356 e. The van der Waals surface area contributed by atoms with Crippen molar-refractivity contribution >= 4 is 11.7 Å². The van der Waals surface area contributed by atoms with Gasteiger partial charge in [-0.1, -0.05) is 6.07 Å². The lowest BCUT2D eigenvalue weighted by Gasteiger charge is -2.34. The van der Waals surface area contributed by atoms with Crippen LogP contribution in [0.1, 0.15) is 58.0 Å². The Balaban J connectivity index is 1.69. The molecule has 0 spiro atoms. The van der Waals surface area contributed by atoms with Gasteiger partial charge in [0.2, 0.25) is 0 Å². The molecule has 1 aromatic heterocycles. The molecule has 1 atom stereocenters. The average Bonchev–Trinajstić information content (AvgIpc) is 2.89. The zero-order valence-corrected chi connectivity index (χ0v) is 15.3. The number of rotatable bonds is 2. The molecule has 2 aliphatic heterocycles. The topological polar surface area (TPSA) is 73.1 Å². The van der Waals surface area contributed by atoms with Gasteiger partial charge in [0.15, 0.2) is 0 Å². The van der Waals surface area contributed by atoms with Crippen molar-refractivity contribution in [1.82, 2.24) is 14.9 Å². The van der Waals surface area contributed by atoms with Crippen LogP contribution in [-0.2, 0) is 6.54 Å². The lowest BCUT2D eigenvalue weighted by atomic mass is 10.0. The number of nitriles is 1. The van der Waals surface area contributed by atoms with Gasteiger partial charge in [0, 0.05) is 24.2 Å². The fraction of sp³-hybridized carbons (Fsp3) is 0.400. The highest BCUT2D eigenvalue weighted by molar-refractivity contribution is 5.95. The van der Waals surface area contributed by atoms with Crippen LogP contribution in [0.3, 0.4) is 0 Å². The molecule has 6 nitrogen and oxygen atoms in total. The van der Waals surface area contributed by atoms with E-state index in [4.69, 9.17) is 0 Å². The first-order valence-electron chi connectivity index (χ1n) is 8.93. The van der Waals surface area contributed by atoms with Crippen molar-refractivity contribution in [3.05, 3.63) is 52.0 Å². The minimum atomic E-state index is -0.0828. The molecule has 1 aromatic carbocycles. The van der Waals surface area contributed by atoms with Gasteiger partial charge in [-0.3, -0.25) is 4.79 Å². The maximum absolute atomic E-state index is 13.1. The lowest BCUT2D eigenvalue weighted by molar-refractivity contribution is 0.0704. The van der Waals surface area contributed by atoms with Crippen molar-refractivity contribution in [1.29, 1.82) is 5.26 Å². The second kappa shape index (κ2) is 6.10. The Kier molecular flexibility index (Phi) is 3.87. The van der Waals surface area contributed by atoms with Gasteiger partial charge in [0.25, 0.3) is 5.91 Å². The third-order valence-electron chi connectivity index (χ3n) is 5.34. The van der Waals surface area contributed by atoms with E-state index in [-0.39, 0.29) is 11.9 Å². The molecule has 0 N–H and O–H groups in total. The monoisotopic (exact) mass is 347 g/mol. The number of fused-ring (bicyclic) bond motifs is 1. The van der Waals surface area contributed by atoms with Crippen LogP contribution in [0.4, 0.5) is 5.82 Å². The summed E-state index contributed by atoms with van der Waals surface area (Å²) in [6.45, 7) is 8.30. The lowest BCUT2D eigenvalue weighted by Crippen LogP contribution is -2.39. The van der Waals surface area contributed by atoms with Gasteiger partial charge in [-0.25, -0.2) is 9.97 Å². The number of carbonyl (C=O) groups is 1. The van der Waals surface area contributed by atoms with Gasteiger partial charge < -0.3 is 9.80 Å². The van der Waals surface area contributed by atoms with Gasteiger partial charge in [-0.15, -0.1) is 0 Å². The highest BCUT2D eigenvalue weighted by Gasteiger charge is 2.37. The third-order valence-corrected chi connectivity index (χ3v) is 5.34. The van der Waals surface area contributed by atoms with Crippen molar-refractivity contribution in [2.24, 2.45) is 0 Å². The second-order valence-electron chi connectivity index (χ2n) is 7.05. The predicted molar refractivity (Wildman–Crippen MR) is 97.8 cm³/mol. The molecule has 1 amide bonds. The average molecular weight is 347 g/mol. The molecule has 26 heavy (non-hydrogen) atoms. The minimum absolute atomic E-state index is 0.0702. The molecule has 0 aliphatic carbocycles. The van der Waals surface area contributed by atoms with E-state index < -0.39 is 0 Å². The molecule has 4 rings (SSSR count). The molecular formula is C20H21N5O.